The molecule has 1 aliphatic carbocycles. The van der Waals surface area contributed by atoms with Crippen LogP contribution in [-0.4, -0.2) is 21.7 Å². The third-order valence-corrected chi connectivity index (χ3v) is 3.99. The van der Waals surface area contributed by atoms with E-state index in [1.807, 2.05) is 4.68 Å². The standard InChI is InChI=1S/C11H14BrN3O/c12-9-8-3-1-2-6-15(8)14-10(9)11(16)13-7-4-5-7/h7H,1-6H2,(H,13,16). The van der Waals surface area contributed by atoms with Gasteiger partial charge in [0.15, 0.2) is 5.69 Å². The van der Waals surface area contributed by atoms with Crippen LogP contribution in [0.5, 0.6) is 0 Å². The number of nitrogens with one attached hydrogen (secondary N) is 1. The van der Waals surface area contributed by atoms with E-state index in [0.717, 1.165) is 36.7 Å². The average molecular weight is 284 g/mol. The summed E-state index contributed by atoms with van der Waals surface area (Å²) in [6.07, 6.45) is 5.58. The van der Waals surface area contributed by atoms with Gasteiger partial charge in [-0.25, -0.2) is 0 Å². The molecule has 2 aliphatic rings. The Balaban J connectivity index is 1.88. The van der Waals surface area contributed by atoms with E-state index in [2.05, 4.69) is 26.3 Å². The number of hydrogen-bond acceptors (Lipinski definition) is 2. The van der Waals surface area contributed by atoms with Crippen molar-refractivity contribution in [2.45, 2.75) is 44.7 Å². The number of fused-ring (bicyclic) bond motifs is 1. The summed E-state index contributed by atoms with van der Waals surface area (Å²) in [5.41, 5.74) is 1.73. The van der Waals surface area contributed by atoms with Crippen LogP contribution in [0.3, 0.4) is 0 Å². The zero-order chi connectivity index (χ0) is 11.1. The van der Waals surface area contributed by atoms with E-state index in [9.17, 15) is 4.79 Å². The first-order valence-electron chi connectivity index (χ1n) is 5.82. The van der Waals surface area contributed by atoms with Crippen LogP contribution in [0.2, 0.25) is 0 Å². The Morgan fingerprint density at radius 1 is 1.44 bits per heavy atom. The second kappa shape index (κ2) is 3.87. The second-order valence-corrected chi connectivity index (χ2v) is 5.33. The molecule has 1 N–H and O–H groups in total. The van der Waals surface area contributed by atoms with Crippen LogP contribution in [0.25, 0.3) is 0 Å². The summed E-state index contributed by atoms with van der Waals surface area (Å²) in [6.45, 7) is 0.935. The van der Waals surface area contributed by atoms with Crippen molar-refractivity contribution in [1.82, 2.24) is 15.1 Å². The molecule has 1 amide bonds. The quantitative estimate of drug-likeness (QED) is 0.901. The largest absolute Gasteiger partial charge is 0.348 e. The fourth-order valence-corrected chi connectivity index (χ4v) is 2.74. The van der Waals surface area contributed by atoms with E-state index in [-0.39, 0.29) is 5.91 Å². The zero-order valence-corrected chi connectivity index (χ0v) is 10.6. The SMILES string of the molecule is O=C(NC1CC1)c1nn2c(c1Br)CCCC2. The predicted molar refractivity (Wildman–Crippen MR) is 63.4 cm³/mol. The molecule has 1 aromatic rings. The maximum Gasteiger partial charge on any atom is 0.273 e. The average Bonchev–Trinajstić information content (AvgIpc) is 3.03. The Morgan fingerprint density at radius 2 is 2.25 bits per heavy atom. The minimum atomic E-state index is -0.0312. The molecule has 0 bridgehead atoms. The lowest BCUT2D eigenvalue weighted by Crippen LogP contribution is -2.26. The minimum Gasteiger partial charge on any atom is -0.348 e. The molecule has 1 saturated carbocycles. The number of aryl methyl sites for hydroxylation is 1. The van der Waals surface area contributed by atoms with E-state index in [1.165, 1.54) is 12.1 Å². The smallest absolute Gasteiger partial charge is 0.273 e. The van der Waals surface area contributed by atoms with Gasteiger partial charge in [-0.15, -0.1) is 0 Å². The maximum absolute atomic E-state index is 11.9. The number of hydrogen-bond donors (Lipinski definition) is 1. The Bertz CT molecular complexity index is 437. The Kier molecular flexibility index (Phi) is 2.50. The van der Waals surface area contributed by atoms with Gasteiger partial charge in [0.25, 0.3) is 5.91 Å². The van der Waals surface area contributed by atoms with Crippen molar-refractivity contribution >= 4 is 21.8 Å². The van der Waals surface area contributed by atoms with Gasteiger partial charge in [0.05, 0.1) is 10.2 Å². The van der Waals surface area contributed by atoms with Gasteiger partial charge in [0.1, 0.15) is 0 Å². The first-order chi connectivity index (χ1) is 7.75. The zero-order valence-electron chi connectivity index (χ0n) is 9.00. The Morgan fingerprint density at radius 3 is 2.94 bits per heavy atom. The molecule has 0 unspecified atom stereocenters. The molecule has 16 heavy (non-hydrogen) atoms. The van der Waals surface area contributed by atoms with Crippen LogP contribution in [0, 0.1) is 0 Å². The van der Waals surface area contributed by atoms with Crippen molar-refractivity contribution in [2.24, 2.45) is 0 Å². The normalized spacial score (nSPS) is 19.3. The molecule has 2 heterocycles. The van der Waals surface area contributed by atoms with Gasteiger partial charge < -0.3 is 5.32 Å². The summed E-state index contributed by atoms with van der Waals surface area (Å²) < 4.78 is 2.86. The molecule has 3 rings (SSSR count). The van der Waals surface area contributed by atoms with Gasteiger partial charge in [0.2, 0.25) is 0 Å². The highest BCUT2D eigenvalue weighted by atomic mass is 79.9. The summed E-state index contributed by atoms with van der Waals surface area (Å²) >= 11 is 3.50. The summed E-state index contributed by atoms with van der Waals surface area (Å²) in [6, 6.07) is 0.387. The molecular formula is C11H14BrN3O. The molecule has 0 aromatic carbocycles. The topological polar surface area (TPSA) is 46.9 Å². The van der Waals surface area contributed by atoms with Crippen molar-refractivity contribution in [2.75, 3.05) is 0 Å². The van der Waals surface area contributed by atoms with Gasteiger partial charge in [-0.3, -0.25) is 9.48 Å². The molecule has 1 fully saturated rings. The summed E-state index contributed by atoms with van der Waals surface area (Å²) in [7, 11) is 0. The van der Waals surface area contributed by atoms with Crippen molar-refractivity contribution in [3.05, 3.63) is 15.9 Å². The molecule has 0 radical (unpaired) electrons. The van der Waals surface area contributed by atoms with Crippen molar-refractivity contribution < 1.29 is 4.79 Å². The van der Waals surface area contributed by atoms with Gasteiger partial charge in [-0.05, 0) is 48.0 Å². The number of carbonyl (C=O) groups excluding carboxylic acids is 1. The number of halogens is 1. The summed E-state index contributed by atoms with van der Waals surface area (Å²) in [5.74, 6) is -0.0312. The molecule has 1 aromatic heterocycles. The molecule has 4 nitrogen and oxygen atoms in total. The molecule has 5 heteroatoms. The van der Waals surface area contributed by atoms with Crippen LogP contribution in [0.4, 0.5) is 0 Å². The Hall–Kier alpha value is -0.840. The predicted octanol–water partition coefficient (Wildman–Crippen LogP) is 1.87. The van der Waals surface area contributed by atoms with Crippen molar-refractivity contribution in [1.29, 1.82) is 0 Å². The first kappa shape index (κ1) is 10.3. The number of aromatic nitrogens is 2. The van der Waals surface area contributed by atoms with Gasteiger partial charge in [-0.1, -0.05) is 0 Å². The van der Waals surface area contributed by atoms with E-state index >= 15 is 0 Å². The van der Waals surface area contributed by atoms with Gasteiger partial charge in [-0.2, -0.15) is 5.10 Å². The molecule has 0 atom stereocenters. The van der Waals surface area contributed by atoms with E-state index in [1.54, 1.807) is 0 Å². The summed E-state index contributed by atoms with van der Waals surface area (Å²) in [5, 5.41) is 7.36. The fraction of sp³-hybridized carbons (Fsp3) is 0.636. The first-order valence-corrected chi connectivity index (χ1v) is 6.61. The van der Waals surface area contributed by atoms with Crippen LogP contribution >= 0.6 is 15.9 Å². The molecule has 0 saturated heterocycles. The van der Waals surface area contributed by atoms with Crippen LogP contribution < -0.4 is 5.32 Å². The highest BCUT2D eigenvalue weighted by Gasteiger charge is 2.28. The van der Waals surface area contributed by atoms with Crippen LogP contribution in [-0.2, 0) is 13.0 Å². The third kappa shape index (κ3) is 1.77. The molecule has 0 spiro atoms. The minimum absolute atomic E-state index is 0.0312. The van der Waals surface area contributed by atoms with E-state index in [0.29, 0.717) is 11.7 Å². The van der Waals surface area contributed by atoms with Crippen molar-refractivity contribution in [3.63, 3.8) is 0 Å². The van der Waals surface area contributed by atoms with Gasteiger partial charge in [0, 0.05) is 12.6 Å². The highest BCUT2D eigenvalue weighted by molar-refractivity contribution is 9.10. The van der Waals surface area contributed by atoms with E-state index < -0.39 is 0 Å². The fourth-order valence-electron chi connectivity index (χ4n) is 2.08. The number of rotatable bonds is 2. The highest BCUT2D eigenvalue weighted by Crippen LogP contribution is 2.27. The second-order valence-electron chi connectivity index (χ2n) is 4.54. The lowest BCUT2D eigenvalue weighted by atomic mass is 10.1. The molecule has 86 valence electrons. The van der Waals surface area contributed by atoms with Crippen LogP contribution in [0.1, 0.15) is 41.9 Å². The summed E-state index contributed by atoms with van der Waals surface area (Å²) in [4.78, 5) is 11.9. The lowest BCUT2D eigenvalue weighted by molar-refractivity contribution is 0.0944. The number of carbonyl (C=O) groups is 1. The lowest BCUT2D eigenvalue weighted by Gasteiger charge is -2.12. The van der Waals surface area contributed by atoms with Gasteiger partial charge >= 0.3 is 0 Å². The van der Waals surface area contributed by atoms with E-state index in [4.69, 9.17) is 0 Å². The Labute approximate surface area is 103 Å². The van der Waals surface area contributed by atoms with Crippen molar-refractivity contribution in [3.8, 4) is 0 Å². The number of amides is 1. The van der Waals surface area contributed by atoms with Crippen LogP contribution in [0.15, 0.2) is 4.47 Å². The molecule has 1 aliphatic heterocycles. The maximum atomic E-state index is 11.9. The number of nitrogens with zero attached hydrogens (tertiary/aromatic N) is 2. The molecular weight excluding hydrogens is 270 g/mol. The monoisotopic (exact) mass is 283 g/mol. The third-order valence-electron chi connectivity index (χ3n) is 3.15.